The Hall–Kier alpha value is -1.24. The monoisotopic (exact) mass is 256 g/mol. The third kappa shape index (κ3) is 5.58. The van der Waals surface area contributed by atoms with Crippen molar-refractivity contribution in [3.8, 4) is 0 Å². The molecule has 0 unspecified atom stereocenters. The molecule has 1 rings (SSSR count). The van der Waals surface area contributed by atoms with Crippen molar-refractivity contribution in [2.24, 2.45) is 0 Å². The topological polar surface area (TPSA) is 64.4 Å². The molecule has 1 N–H and O–H groups in total. The Morgan fingerprint density at radius 3 is 3.00 bits per heavy atom. The lowest BCUT2D eigenvalue weighted by Gasteiger charge is -2.04. The number of nitrogens with zero attached hydrogens (tertiary/aromatic N) is 1. The quantitative estimate of drug-likeness (QED) is 0.335. The summed E-state index contributed by atoms with van der Waals surface area (Å²) in [5.41, 5.74) is 0.999. The van der Waals surface area contributed by atoms with Crippen LogP contribution in [-0.2, 0) is 11.3 Å². The molecule has 1 aromatic heterocycles. The number of hydrogen-bond donors (Lipinski definition) is 1. The molecule has 0 bridgehead atoms. The van der Waals surface area contributed by atoms with Gasteiger partial charge in [0.05, 0.1) is 18.1 Å². The molecule has 0 aliphatic heterocycles. The van der Waals surface area contributed by atoms with Crippen LogP contribution in [-0.4, -0.2) is 24.7 Å². The van der Waals surface area contributed by atoms with Gasteiger partial charge in [-0.1, -0.05) is 23.5 Å². The summed E-state index contributed by atoms with van der Waals surface area (Å²) in [5, 5.41) is 13.8. The van der Waals surface area contributed by atoms with E-state index in [0.717, 1.165) is 17.0 Å². The molecule has 0 aliphatic rings. The largest absolute Gasteiger partial charge is 0.376 e. The second-order valence-electron chi connectivity index (χ2n) is 3.68. The average molecular weight is 256 g/mol. The molecule has 5 nitrogen and oxygen atoms in total. The summed E-state index contributed by atoms with van der Waals surface area (Å²) in [6, 6.07) is 3.30. The maximum Gasteiger partial charge on any atom is 0.324 e. The summed E-state index contributed by atoms with van der Waals surface area (Å²) in [6.07, 6.45) is 0. The smallest absolute Gasteiger partial charge is 0.324 e. The molecule has 0 radical (unpaired) electrons. The third-order valence-corrected chi connectivity index (χ3v) is 2.94. The van der Waals surface area contributed by atoms with E-state index in [1.165, 1.54) is 17.4 Å². The van der Waals surface area contributed by atoms with E-state index in [1.54, 1.807) is 6.07 Å². The average Bonchev–Trinajstić information content (AvgIpc) is 2.71. The number of rotatable bonds is 8. The van der Waals surface area contributed by atoms with E-state index in [9.17, 15) is 10.1 Å². The van der Waals surface area contributed by atoms with Gasteiger partial charge in [0.25, 0.3) is 0 Å². The minimum absolute atomic E-state index is 0.181. The molecule has 0 atom stereocenters. The Morgan fingerprint density at radius 1 is 1.65 bits per heavy atom. The van der Waals surface area contributed by atoms with Crippen molar-refractivity contribution in [2.75, 3.05) is 19.8 Å². The van der Waals surface area contributed by atoms with Crippen molar-refractivity contribution in [1.82, 2.24) is 5.32 Å². The van der Waals surface area contributed by atoms with Gasteiger partial charge in [0.15, 0.2) is 0 Å². The molecule has 0 aromatic carbocycles. The van der Waals surface area contributed by atoms with Crippen molar-refractivity contribution in [3.63, 3.8) is 0 Å². The summed E-state index contributed by atoms with van der Waals surface area (Å²) in [7, 11) is 0. The van der Waals surface area contributed by atoms with Gasteiger partial charge < -0.3 is 10.1 Å². The van der Waals surface area contributed by atoms with Crippen molar-refractivity contribution >= 4 is 16.3 Å². The molecule has 0 fully saturated rings. The van der Waals surface area contributed by atoms with Crippen LogP contribution >= 0.6 is 11.3 Å². The molecule has 6 heteroatoms. The number of nitro groups is 1. The molecular weight excluding hydrogens is 240 g/mol. The van der Waals surface area contributed by atoms with Gasteiger partial charge in [-0.2, -0.15) is 0 Å². The third-order valence-electron chi connectivity index (χ3n) is 1.90. The summed E-state index contributed by atoms with van der Waals surface area (Å²) < 4.78 is 5.31. The molecule has 17 heavy (non-hydrogen) atoms. The first-order valence-electron chi connectivity index (χ1n) is 5.25. The highest BCUT2D eigenvalue weighted by molar-refractivity contribution is 7.15. The van der Waals surface area contributed by atoms with Crippen LogP contribution in [0.25, 0.3) is 0 Å². The normalized spacial score (nSPS) is 10.4. The lowest BCUT2D eigenvalue weighted by atomic mass is 10.4. The summed E-state index contributed by atoms with van der Waals surface area (Å²) >= 11 is 1.19. The van der Waals surface area contributed by atoms with E-state index >= 15 is 0 Å². The first-order chi connectivity index (χ1) is 8.09. The summed E-state index contributed by atoms with van der Waals surface area (Å²) in [5.74, 6) is 0. The van der Waals surface area contributed by atoms with Gasteiger partial charge in [-0.05, 0) is 13.0 Å². The van der Waals surface area contributed by atoms with Crippen LogP contribution in [0.3, 0.4) is 0 Å². The Bertz CT molecular complexity index is 390. The molecule has 94 valence electrons. The van der Waals surface area contributed by atoms with Gasteiger partial charge in [0, 0.05) is 24.0 Å². The van der Waals surface area contributed by atoms with Crippen LogP contribution < -0.4 is 5.32 Å². The summed E-state index contributed by atoms with van der Waals surface area (Å²) in [6.45, 7) is 8.19. The van der Waals surface area contributed by atoms with Crippen LogP contribution in [0, 0.1) is 10.1 Å². The Kier molecular flexibility index (Phi) is 5.82. The fourth-order valence-corrected chi connectivity index (χ4v) is 1.95. The predicted octanol–water partition coefficient (Wildman–Crippen LogP) is 2.34. The molecule has 0 saturated heterocycles. The van der Waals surface area contributed by atoms with Crippen molar-refractivity contribution in [1.29, 1.82) is 0 Å². The second kappa shape index (κ2) is 7.16. The number of hydrogen-bond acceptors (Lipinski definition) is 5. The zero-order valence-corrected chi connectivity index (χ0v) is 10.6. The van der Waals surface area contributed by atoms with Crippen molar-refractivity contribution < 1.29 is 9.66 Å². The molecule has 0 amide bonds. The Morgan fingerprint density at radius 2 is 2.41 bits per heavy atom. The van der Waals surface area contributed by atoms with Crippen LogP contribution in [0.2, 0.25) is 0 Å². The first-order valence-corrected chi connectivity index (χ1v) is 6.07. The van der Waals surface area contributed by atoms with E-state index in [4.69, 9.17) is 4.74 Å². The lowest BCUT2D eigenvalue weighted by molar-refractivity contribution is -0.380. The molecule has 0 saturated carbocycles. The SMILES string of the molecule is C=C(C)COCCNCc1ccc([N+](=O)[O-])s1. The first kappa shape index (κ1) is 13.8. The highest BCUT2D eigenvalue weighted by atomic mass is 32.1. The van der Waals surface area contributed by atoms with Gasteiger partial charge in [-0.25, -0.2) is 0 Å². The highest BCUT2D eigenvalue weighted by Crippen LogP contribution is 2.23. The highest BCUT2D eigenvalue weighted by Gasteiger charge is 2.08. The van der Waals surface area contributed by atoms with E-state index in [0.29, 0.717) is 19.8 Å². The minimum Gasteiger partial charge on any atom is -0.376 e. The van der Waals surface area contributed by atoms with Gasteiger partial charge in [-0.3, -0.25) is 10.1 Å². The summed E-state index contributed by atoms with van der Waals surface area (Å²) in [4.78, 5) is 11.0. The number of thiophene rings is 1. The molecule has 1 heterocycles. The lowest BCUT2D eigenvalue weighted by Crippen LogP contribution is -2.19. The van der Waals surface area contributed by atoms with Gasteiger partial charge in [-0.15, -0.1) is 0 Å². The van der Waals surface area contributed by atoms with Crippen molar-refractivity contribution in [3.05, 3.63) is 39.3 Å². The van der Waals surface area contributed by atoms with E-state index < -0.39 is 0 Å². The standard InChI is InChI=1S/C11H16N2O3S/c1-9(2)8-16-6-5-12-7-10-3-4-11(17-10)13(14)15/h3-4,12H,1,5-8H2,2H3. The van der Waals surface area contributed by atoms with E-state index in [-0.39, 0.29) is 9.92 Å². The zero-order valence-electron chi connectivity index (χ0n) is 9.77. The maximum absolute atomic E-state index is 10.5. The van der Waals surface area contributed by atoms with Crippen LogP contribution in [0.4, 0.5) is 5.00 Å². The Balaban J connectivity index is 2.13. The Labute approximate surface area is 104 Å². The molecular formula is C11H16N2O3S. The number of nitrogens with one attached hydrogen (secondary N) is 1. The van der Waals surface area contributed by atoms with Crippen LogP contribution in [0.15, 0.2) is 24.3 Å². The fourth-order valence-electron chi connectivity index (χ4n) is 1.16. The minimum atomic E-state index is -0.371. The predicted molar refractivity (Wildman–Crippen MR) is 68.3 cm³/mol. The molecule has 0 spiro atoms. The van der Waals surface area contributed by atoms with Crippen LogP contribution in [0.5, 0.6) is 0 Å². The fraction of sp³-hybridized carbons (Fsp3) is 0.455. The molecule has 0 aliphatic carbocycles. The van der Waals surface area contributed by atoms with Crippen molar-refractivity contribution in [2.45, 2.75) is 13.5 Å². The van der Waals surface area contributed by atoms with E-state index in [2.05, 4.69) is 11.9 Å². The van der Waals surface area contributed by atoms with Crippen LogP contribution in [0.1, 0.15) is 11.8 Å². The second-order valence-corrected chi connectivity index (χ2v) is 4.83. The maximum atomic E-state index is 10.5. The van der Waals surface area contributed by atoms with E-state index in [1.807, 2.05) is 6.92 Å². The van der Waals surface area contributed by atoms with Gasteiger partial charge in [0.2, 0.25) is 0 Å². The molecule has 1 aromatic rings. The zero-order chi connectivity index (χ0) is 12.7. The number of ether oxygens (including phenoxy) is 1. The van der Waals surface area contributed by atoms with Gasteiger partial charge >= 0.3 is 5.00 Å². The van der Waals surface area contributed by atoms with Gasteiger partial charge in [0.1, 0.15) is 0 Å².